The second-order valence-electron chi connectivity index (χ2n) is 4.64. The van der Waals surface area contributed by atoms with E-state index in [1.54, 1.807) is 12.4 Å². The number of rotatable bonds is 6. The Hall–Kier alpha value is -1.08. The molecule has 1 aromatic rings. The summed E-state index contributed by atoms with van der Waals surface area (Å²) in [6.07, 6.45) is 6.29. The lowest BCUT2D eigenvalue weighted by Crippen LogP contribution is -2.08. The summed E-state index contributed by atoms with van der Waals surface area (Å²) in [5, 5.41) is 8.86. The Labute approximate surface area is 111 Å². The van der Waals surface area contributed by atoms with E-state index in [9.17, 15) is 0 Å². The van der Waals surface area contributed by atoms with Gasteiger partial charge in [-0.3, -0.25) is 4.98 Å². The van der Waals surface area contributed by atoms with Gasteiger partial charge in [-0.15, -0.1) is 0 Å². The molecule has 1 rings (SSSR count). The van der Waals surface area contributed by atoms with Crippen LogP contribution in [0, 0.1) is 16.7 Å². The van der Waals surface area contributed by atoms with E-state index in [4.69, 9.17) is 10.00 Å². The van der Waals surface area contributed by atoms with Crippen molar-refractivity contribution in [3.05, 3.63) is 22.9 Å². The number of hydrogen-bond donors (Lipinski definition) is 0. The summed E-state index contributed by atoms with van der Waals surface area (Å²) in [4.78, 5) is 4.02. The highest BCUT2D eigenvalue weighted by molar-refractivity contribution is 9.10. The number of halogens is 1. The summed E-state index contributed by atoms with van der Waals surface area (Å²) in [6.45, 7) is 4.60. The molecule has 4 heteroatoms. The molecule has 1 aromatic heterocycles. The predicted molar refractivity (Wildman–Crippen MR) is 70.7 cm³/mol. The van der Waals surface area contributed by atoms with Crippen LogP contribution in [0.3, 0.4) is 0 Å². The van der Waals surface area contributed by atoms with E-state index in [-0.39, 0.29) is 5.41 Å². The van der Waals surface area contributed by atoms with Crippen LogP contribution in [0.15, 0.2) is 22.9 Å². The molecule has 3 nitrogen and oxygen atoms in total. The Kier molecular flexibility index (Phi) is 5.43. The molecule has 0 aliphatic heterocycles. The van der Waals surface area contributed by atoms with Gasteiger partial charge in [-0.2, -0.15) is 5.26 Å². The van der Waals surface area contributed by atoms with Crippen LogP contribution in [0.2, 0.25) is 0 Å². The standard InChI is InChI=1S/C13H17BrN2O/c1-13(2,10-15)5-3-4-6-17-12-7-11(14)8-16-9-12/h7-9H,3-6H2,1-2H3. The third-order valence-corrected chi connectivity index (χ3v) is 2.88. The second-order valence-corrected chi connectivity index (χ2v) is 5.56. The van der Waals surface area contributed by atoms with Crippen LogP contribution in [0.4, 0.5) is 0 Å². The van der Waals surface area contributed by atoms with Crippen LogP contribution in [0.25, 0.3) is 0 Å². The van der Waals surface area contributed by atoms with E-state index in [0.717, 1.165) is 29.5 Å². The maximum absolute atomic E-state index is 8.86. The summed E-state index contributed by atoms with van der Waals surface area (Å²) in [7, 11) is 0. The molecule has 0 atom stereocenters. The maximum atomic E-state index is 8.86. The average molecular weight is 297 g/mol. The van der Waals surface area contributed by atoms with E-state index in [2.05, 4.69) is 27.0 Å². The van der Waals surface area contributed by atoms with Gasteiger partial charge in [-0.25, -0.2) is 0 Å². The van der Waals surface area contributed by atoms with Gasteiger partial charge in [0.15, 0.2) is 0 Å². The molecule has 0 amide bonds. The average Bonchev–Trinajstić information content (AvgIpc) is 2.29. The molecule has 0 radical (unpaired) electrons. The van der Waals surface area contributed by atoms with E-state index in [1.807, 2.05) is 19.9 Å². The molecule has 0 bridgehead atoms. The number of nitrogens with zero attached hydrogens (tertiary/aromatic N) is 2. The van der Waals surface area contributed by atoms with Crippen molar-refractivity contribution in [2.75, 3.05) is 6.61 Å². The molecule has 17 heavy (non-hydrogen) atoms. The number of aromatic nitrogens is 1. The largest absolute Gasteiger partial charge is 0.492 e. The summed E-state index contributed by atoms with van der Waals surface area (Å²) in [6, 6.07) is 4.20. The third-order valence-electron chi connectivity index (χ3n) is 2.45. The molecule has 0 saturated carbocycles. The van der Waals surface area contributed by atoms with Crippen LogP contribution in [-0.4, -0.2) is 11.6 Å². The van der Waals surface area contributed by atoms with Crippen molar-refractivity contribution in [3.63, 3.8) is 0 Å². The summed E-state index contributed by atoms with van der Waals surface area (Å²) >= 11 is 3.34. The van der Waals surface area contributed by atoms with E-state index in [0.29, 0.717) is 6.61 Å². The maximum Gasteiger partial charge on any atom is 0.138 e. The zero-order valence-electron chi connectivity index (χ0n) is 10.2. The first-order chi connectivity index (χ1) is 8.03. The molecule has 0 spiro atoms. The zero-order valence-corrected chi connectivity index (χ0v) is 11.8. The van der Waals surface area contributed by atoms with Gasteiger partial charge < -0.3 is 4.74 Å². The van der Waals surface area contributed by atoms with Gasteiger partial charge >= 0.3 is 0 Å². The normalized spacial score (nSPS) is 10.9. The fraction of sp³-hybridized carbons (Fsp3) is 0.538. The topological polar surface area (TPSA) is 45.9 Å². The minimum atomic E-state index is -0.225. The Balaban J connectivity index is 2.19. The van der Waals surface area contributed by atoms with Crippen molar-refractivity contribution in [3.8, 4) is 11.8 Å². The van der Waals surface area contributed by atoms with Crippen molar-refractivity contribution < 1.29 is 4.74 Å². The molecular weight excluding hydrogens is 280 g/mol. The van der Waals surface area contributed by atoms with Crippen molar-refractivity contribution in [2.24, 2.45) is 5.41 Å². The fourth-order valence-corrected chi connectivity index (χ4v) is 1.73. The lowest BCUT2D eigenvalue weighted by Gasteiger charge is -2.14. The van der Waals surface area contributed by atoms with Gasteiger partial charge in [0.05, 0.1) is 24.3 Å². The highest BCUT2D eigenvalue weighted by atomic mass is 79.9. The van der Waals surface area contributed by atoms with Crippen molar-refractivity contribution in [2.45, 2.75) is 33.1 Å². The lowest BCUT2D eigenvalue weighted by atomic mass is 9.89. The van der Waals surface area contributed by atoms with Crippen molar-refractivity contribution in [1.29, 1.82) is 5.26 Å². The lowest BCUT2D eigenvalue weighted by molar-refractivity contribution is 0.294. The second kappa shape index (κ2) is 6.61. The summed E-state index contributed by atoms with van der Waals surface area (Å²) in [5.41, 5.74) is -0.225. The molecule has 0 saturated heterocycles. The highest BCUT2D eigenvalue weighted by Gasteiger charge is 2.15. The number of pyridine rings is 1. The highest BCUT2D eigenvalue weighted by Crippen LogP contribution is 2.22. The number of nitriles is 1. The van der Waals surface area contributed by atoms with Crippen molar-refractivity contribution >= 4 is 15.9 Å². The molecule has 92 valence electrons. The Bertz CT molecular complexity index is 399. The van der Waals surface area contributed by atoms with E-state index in [1.165, 1.54) is 0 Å². The van der Waals surface area contributed by atoms with Crippen LogP contribution in [0.1, 0.15) is 33.1 Å². The van der Waals surface area contributed by atoms with E-state index >= 15 is 0 Å². The third kappa shape index (κ3) is 5.69. The van der Waals surface area contributed by atoms with Crippen LogP contribution in [-0.2, 0) is 0 Å². The molecule has 0 fully saturated rings. The van der Waals surface area contributed by atoms with Gasteiger partial charge in [-0.05, 0) is 55.1 Å². The van der Waals surface area contributed by atoms with Gasteiger partial charge in [0.25, 0.3) is 0 Å². The number of hydrogen-bond acceptors (Lipinski definition) is 3. The molecule has 0 aliphatic carbocycles. The summed E-state index contributed by atoms with van der Waals surface area (Å²) < 4.78 is 6.48. The molecule has 0 aromatic carbocycles. The molecular formula is C13H17BrN2O. The number of ether oxygens (including phenoxy) is 1. The Morgan fingerprint density at radius 2 is 2.18 bits per heavy atom. The molecule has 0 aliphatic rings. The van der Waals surface area contributed by atoms with E-state index < -0.39 is 0 Å². The summed E-state index contributed by atoms with van der Waals surface area (Å²) in [5.74, 6) is 0.777. The minimum absolute atomic E-state index is 0.225. The fourth-order valence-electron chi connectivity index (χ4n) is 1.39. The van der Waals surface area contributed by atoms with Gasteiger partial charge in [0, 0.05) is 10.7 Å². The minimum Gasteiger partial charge on any atom is -0.492 e. The first kappa shape index (κ1) is 14.0. The van der Waals surface area contributed by atoms with Gasteiger partial charge in [-0.1, -0.05) is 0 Å². The smallest absolute Gasteiger partial charge is 0.138 e. The number of unbranched alkanes of at least 4 members (excludes halogenated alkanes) is 1. The Morgan fingerprint density at radius 3 is 2.82 bits per heavy atom. The first-order valence-electron chi connectivity index (χ1n) is 5.68. The molecule has 0 unspecified atom stereocenters. The van der Waals surface area contributed by atoms with Crippen molar-refractivity contribution in [1.82, 2.24) is 4.98 Å². The first-order valence-corrected chi connectivity index (χ1v) is 6.47. The zero-order chi connectivity index (χ0) is 12.7. The Morgan fingerprint density at radius 1 is 1.41 bits per heavy atom. The predicted octanol–water partition coefficient (Wildman–Crippen LogP) is 3.94. The molecule has 0 N–H and O–H groups in total. The molecule has 1 heterocycles. The van der Waals surface area contributed by atoms with Gasteiger partial charge in [0.2, 0.25) is 0 Å². The quantitative estimate of drug-likeness (QED) is 0.747. The van der Waals surface area contributed by atoms with Crippen LogP contribution < -0.4 is 4.74 Å². The van der Waals surface area contributed by atoms with Gasteiger partial charge in [0.1, 0.15) is 5.75 Å². The van der Waals surface area contributed by atoms with Crippen LogP contribution in [0.5, 0.6) is 5.75 Å². The SMILES string of the molecule is CC(C)(C#N)CCCCOc1cncc(Br)c1. The van der Waals surface area contributed by atoms with Crippen LogP contribution >= 0.6 is 15.9 Å². The monoisotopic (exact) mass is 296 g/mol.